The lowest BCUT2D eigenvalue weighted by Gasteiger charge is -2.46. The Morgan fingerprint density at radius 3 is 2.13 bits per heavy atom. The first kappa shape index (κ1) is 20.4. The van der Waals surface area contributed by atoms with Crippen molar-refractivity contribution in [2.75, 3.05) is 20.0 Å². The molecule has 2 saturated heterocycles. The average molecular weight is 425 g/mol. The Balaban J connectivity index is 1.58. The van der Waals surface area contributed by atoms with Crippen LogP contribution in [0, 0.1) is 11.8 Å². The molecule has 0 radical (unpaired) electrons. The van der Waals surface area contributed by atoms with Crippen molar-refractivity contribution in [3.8, 4) is 0 Å². The van der Waals surface area contributed by atoms with Gasteiger partial charge in [-0.2, -0.15) is 0 Å². The first-order valence-corrected chi connectivity index (χ1v) is 12.9. The zero-order chi connectivity index (χ0) is 21.0. The van der Waals surface area contributed by atoms with Crippen LogP contribution in [0.4, 0.5) is 0 Å². The van der Waals surface area contributed by atoms with Crippen molar-refractivity contribution in [3.05, 3.63) is 60.7 Å². The maximum atomic E-state index is 7.23. The molecule has 30 heavy (non-hydrogen) atoms. The second-order valence-electron chi connectivity index (χ2n) is 10.0. The summed E-state index contributed by atoms with van der Waals surface area (Å²) < 4.78 is 25.6. The molecule has 2 bridgehead atoms. The lowest BCUT2D eigenvalue weighted by atomic mass is 9.90. The van der Waals surface area contributed by atoms with Gasteiger partial charge >= 0.3 is 0 Å². The third kappa shape index (κ3) is 2.80. The molecule has 0 amide bonds. The molecule has 0 spiro atoms. The number of hydrogen-bond donors (Lipinski definition) is 0. The van der Waals surface area contributed by atoms with E-state index in [-0.39, 0.29) is 17.2 Å². The molecule has 3 aliphatic rings. The van der Waals surface area contributed by atoms with Crippen LogP contribution in [0.5, 0.6) is 0 Å². The summed E-state index contributed by atoms with van der Waals surface area (Å²) in [6.45, 7) is 10.8. The van der Waals surface area contributed by atoms with Gasteiger partial charge in [-0.1, -0.05) is 88.4 Å². The van der Waals surface area contributed by atoms with E-state index in [0.29, 0.717) is 25.2 Å². The quantitative estimate of drug-likeness (QED) is 0.690. The smallest absolute Gasteiger partial charge is 0.261 e. The maximum Gasteiger partial charge on any atom is 0.261 e. The largest absolute Gasteiger partial charge is 0.404 e. The van der Waals surface area contributed by atoms with E-state index in [1.54, 1.807) is 0 Å². The van der Waals surface area contributed by atoms with Gasteiger partial charge in [0.25, 0.3) is 8.32 Å². The van der Waals surface area contributed by atoms with Gasteiger partial charge in [-0.25, -0.2) is 0 Å². The van der Waals surface area contributed by atoms with Crippen LogP contribution in [0.3, 0.4) is 0 Å². The fourth-order valence-corrected chi connectivity index (χ4v) is 10.6. The normalized spacial score (nSPS) is 33.1. The molecular formula is C25H32O4Si. The van der Waals surface area contributed by atoms with Gasteiger partial charge in [-0.15, -0.1) is 0 Å². The lowest BCUT2D eigenvalue weighted by molar-refractivity contribution is -0.139. The highest BCUT2D eigenvalue weighted by Crippen LogP contribution is 2.54. The molecule has 5 atom stereocenters. The molecule has 4 nitrogen and oxygen atoms in total. The highest BCUT2D eigenvalue weighted by molar-refractivity contribution is 6.99. The first-order chi connectivity index (χ1) is 14.4. The van der Waals surface area contributed by atoms with Gasteiger partial charge in [0.05, 0.1) is 19.3 Å². The lowest BCUT2D eigenvalue weighted by Crippen LogP contribution is -2.68. The van der Waals surface area contributed by atoms with Gasteiger partial charge in [0.1, 0.15) is 18.5 Å². The molecule has 1 saturated carbocycles. The van der Waals surface area contributed by atoms with Crippen molar-refractivity contribution in [2.24, 2.45) is 11.8 Å². The van der Waals surface area contributed by atoms with E-state index in [1.807, 2.05) is 0 Å². The molecule has 5 heteroatoms. The van der Waals surface area contributed by atoms with Crippen LogP contribution in [0.25, 0.3) is 0 Å². The zero-order valence-electron chi connectivity index (χ0n) is 18.3. The number of fused-ring (bicyclic) bond motifs is 5. The minimum atomic E-state index is -2.61. The maximum absolute atomic E-state index is 7.23. The Kier molecular flexibility index (Phi) is 4.95. The summed E-state index contributed by atoms with van der Waals surface area (Å²) in [5.74, 6) is 0.742. The van der Waals surface area contributed by atoms with E-state index >= 15 is 0 Å². The molecule has 0 aromatic heterocycles. The fraction of sp³-hybridized carbons (Fsp3) is 0.520. The first-order valence-electron chi connectivity index (χ1n) is 11.0. The molecular weight excluding hydrogens is 392 g/mol. The highest BCUT2D eigenvalue weighted by Gasteiger charge is 2.68. The molecule has 5 rings (SSSR count). The highest BCUT2D eigenvalue weighted by atomic mass is 28.4. The van der Waals surface area contributed by atoms with Gasteiger partial charge in [0.15, 0.2) is 0 Å². The zero-order valence-corrected chi connectivity index (χ0v) is 19.3. The van der Waals surface area contributed by atoms with Gasteiger partial charge in [-0.05, 0) is 21.3 Å². The second kappa shape index (κ2) is 7.28. The van der Waals surface area contributed by atoms with E-state index in [0.717, 1.165) is 6.61 Å². The van der Waals surface area contributed by atoms with Gasteiger partial charge in [-0.3, -0.25) is 0 Å². The van der Waals surface area contributed by atoms with E-state index in [1.165, 1.54) is 10.4 Å². The SMILES string of the molecule is CC1C2COC1(CO[Si](c1ccccc1)(c1ccccc1)C(C)(C)C)C1OCOC21. The molecule has 2 aliphatic heterocycles. The molecule has 2 aromatic rings. The summed E-state index contributed by atoms with van der Waals surface area (Å²) in [4.78, 5) is 0. The summed E-state index contributed by atoms with van der Waals surface area (Å²) in [6.07, 6.45) is 0.0981. The second-order valence-corrected chi connectivity index (χ2v) is 14.3. The van der Waals surface area contributed by atoms with E-state index in [4.69, 9.17) is 18.6 Å². The third-order valence-corrected chi connectivity index (χ3v) is 12.6. The Bertz CT molecular complexity index is 842. The molecule has 0 N–H and O–H groups in total. The van der Waals surface area contributed by atoms with E-state index < -0.39 is 13.9 Å². The average Bonchev–Trinajstić information content (AvgIpc) is 3.41. The van der Waals surface area contributed by atoms with E-state index in [9.17, 15) is 0 Å². The van der Waals surface area contributed by atoms with Crippen molar-refractivity contribution in [1.29, 1.82) is 0 Å². The molecule has 2 aromatic carbocycles. The van der Waals surface area contributed by atoms with Crippen molar-refractivity contribution < 1.29 is 18.6 Å². The van der Waals surface area contributed by atoms with Crippen molar-refractivity contribution in [1.82, 2.24) is 0 Å². The van der Waals surface area contributed by atoms with Crippen molar-refractivity contribution >= 4 is 18.7 Å². The summed E-state index contributed by atoms with van der Waals surface area (Å²) >= 11 is 0. The molecule has 160 valence electrons. The Morgan fingerprint density at radius 1 is 0.967 bits per heavy atom. The van der Waals surface area contributed by atoms with Gasteiger partial charge in [0.2, 0.25) is 0 Å². The summed E-state index contributed by atoms with van der Waals surface area (Å²) in [5, 5.41) is 2.53. The molecule has 3 fully saturated rings. The minimum absolute atomic E-state index is 0.0375. The molecule has 1 aliphatic carbocycles. The fourth-order valence-electron chi connectivity index (χ4n) is 5.99. The third-order valence-electron chi connectivity index (χ3n) is 7.60. The Labute approximate surface area is 180 Å². The standard InChI is InChI=1S/C25H32O4Si/c1-18-21-15-28-25(18,23-22(21)26-17-27-23)16-29-30(24(2,3)4,19-11-7-5-8-12-19)20-13-9-6-10-14-20/h5-14,18,21-23H,15-17H2,1-4H3. The van der Waals surface area contributed by atoms with E-state index in [2.05, 4.69) is 88.4 Å². The molecule has 2 heterocycles. The number of hydrogen-bond acceptors (Lipinski definition) is 4. The predicted molar refractivity (Wildman–Crippen MR) is 120 cm³/mol. The Hall–Kier alpha value is -1.50. The van der Waals surface area contributed by atoms with Crippen molar-refractivity contribution in [2.45, 2.75) is 50.5 Å². The number of rotatable bonds is 5. The van der Waals surface area contributed by atoms with Crippen LogP contribution in [0.1, 0.15) is 27.7 Å². The van der Waals surface area contributed by atoms with Crippen LogP contribution in [-0.4, -0.2) is 46.1 Å². The van der Waals surface area contributed by atoms with Gasteiger partial charge < -0.3 is 18.6 Å². The van der Waals surface area contributed by atoms with Crippen molar-refractivity contribution in [3.63, 3.8) is 0 Å². The number of benzene rings is 2. The summed E-state index contributed by atoms with van der Waals surface area (Å²) in [5.41, 5.74) is -0.432. The van der Waals surface area contributed by atoms with Crippen LogP contribution in [0.2, 0.25) is 5.04 Å². The topological polar surface area (TPSA) is 36.9 Å². The predicted octanol–water partition coefficient (Wildman–Crippen LogP) is 3.34. The van der Waals surface area contributed by atoms with Crippen LogP contribution in [-0.2, 0) is 18.6 Å². The minimum Gasteiger partial charge on any atom is -0.404 e. The molecule has 5 unspecified atom stereocenters. The summed E-state index contributed by atoms with van der Waals surface area (Å²) in [7, 11) is -2.61. The Morgan fingerprint density at radius 2 is 1.57 bits per heavy atom. The van der Waals surface area contributed by atoms with Gasteiger partial charge in [0, 0.05) is 5.92 Å². The number of ether oxygens (including phenoxy) is 3. The monoisotopic (exact) mass is 424 g/mol. The van der Waals surface area contributed by atoms with Crippen LogP contribution < -0.4 is 10.4 Å². The van der Waals surface area contributed by atoms with Crippen LogP contribution >= 0.6 is 0 Å². The van der Waals surface area contributed by atoms with Crippen LogP contribution in [0.15, 0.2) is 60.7 Å². The summed E-state index contributed by atoms with van der Waals surface area (Å²) in [6, 6.07) is 21.6.